The third kappa shape index (κ3) is 3.55. The summed E-state index contributed by atoms with van der Waals surface area (Å²) < 4.78 is 12.0. The molecule has 5 aliphatic rings. The molecule has 0 aromatic carbocycles. The van der Waals surface area contributed by atoms with Crippen LogP contribution in [0.3, 0.4) is 0 Å². The molecule has 37 heavy (non-hydrogen) atoms. The van der Waals surface area contributed by atoms with Crippen molar-refractivity contribution in [2.75, 3.05) is 13.2 Å². The molecule has 1 saturated heterocycles. The maximum absolute atomic E-state index is 12.6. The second kappa shape index (κ2) is 9.07. The molecular formula is C26H42O11. The number of carboxylic acids is 1. The SMILES string of the molecule is C[C@@]12[C@@H](O[C@@H]3O[C@H](CO)[C@@H](O)[C@H](O)[C@H]3O)CC[C@@](C)(C(=O)O)[C@H]1CC[C@@]13C[C@@H](CC[C@H]12)[C@@](O)(CO)[C@@H]3O. The van der Waals surface area contributed by atoms with Crippen molar-refractivity contribution in [1.29, 1.82) is 0 Å². The molecule has 0 unspecified atom stereocenters. The van der Waals surface area contributed by atoms with Gasteiger partial charge in [-0.2, -0.15) is 0 Å². The smallest absolute Gasteiger partial charge is 0.309 e. The molecule has 4 saturated carbocycles. The molecule has 2 bridgehead atoms. The average Bonchev–Trinajstić information content (AvgIpc) is 3.03. The van der Waals surface area contributed by atoms with Crippen molar-refractivity contribution in [1.82, 2.24) is 0 Å². The van der Waals surface area contributed by atoms with Gasteiger partial charge in [-0.15, -0.1) is 0 Å². The van der Waals surface area contributed by atoms with Crippen LogP contribution >= 0.6 is 0 Å². The monoisotopic (exact) mass is 530 g/mol. The summed E-state index contributed by atoms with van der Waals surface area (Å²) in [6.07, 6.45) is -5.66. The Morgan fingerprint density at radius 2 is 1.65 bits per heavy atom. The number of hydrogen-bond donors (Lipinski definition) is 8. The van der Waals surface area contributed by atoms with E-state index in [1.807, 2.05) is 6.92 Å². The average molecular weight is 531 g/mol. The number of carbonyl (C=O) groups is 1. The lowest BCUT2D eigenvalue weighted by atomic mass is 9.40. The molecule has 5 rings (SSSR count). The van der Waals surface area contributed by atoms with Gasteiger partial charge in [-0.1, -0.05) is 6.92 Å². The minimum absolute atomic E-state index is 0.237. The van der Waals surface area contributed by atoms with Crippen LogP contribution in [0.2, 0.25) is 0 Å². The van der Waals surface area contributed by atoms with E-state index < -0.39 is 83.9 Å². The van der Waals surface area contributed by atoms with Crippen molar-refractivity contribution in [2.45, 2.75) is 107 Å². The molecule has 0 aromatic rings. The molecule has 0 radical (unpaired) electrons. The molecule has 11 nitrogen and oxygen atoms in total. The zero-order valence-corrected chi connectivity index (χ0v) is 21.4. The van der Waals surface area contributed by atoms with Crippen LogP contribution in [0.1, 0.15) is 58.8 Å². The van der Waals surface area contributed by atoms with Crippen molar-refractivity contribution >= 4 is 5.97 Å². The molecule has 0 amide bonds. The lowest BCUT2D eigenvalue weighted by Crippen LogP contribution is -2.67. The summed E-state index contributed by atoms with van der Waals surface area (Å²) >= 11 is 0. The standard InChI is InChI=1S/C26H42O11/c1-23(22(33)34)7-6-16(37-20-19(31)18(30)17(29)13(10-27)36-20)24(2)14(23)5-8-25-9-12(3-4-15(24)25)26(35,11-28)21(25)32/h12-21,27-32,35H,3-11H2,1-2H3,(H,33,34)/t12-,13-,14-,15+,16+,17-,18+,19-,20+,21-,23-,24-,25-,26+/m1/s1. The number of rotatable bonds is 5. The fourth-order valence-corrected chi connectivity index (χ4v) is 9.52. The van der Waals surface area contributed by atoms with Crippen molar-refractivity contribution in [3.8, 4) is 0 Å². The van der Waals surface area contributed by atoms with Gasteiger partial charge in [0.25, 0.3) is 0 Å². The van der Waals surface area contributed by atoms with Crippen LogP contribution < -0.4 is 0 Å². The van der Waals surface area contributed by atoms with Crippen LogP contribution in [0.15, 0.2) is 0 Å². The van der Waals surface area contributed by atoms with Gasteiger partial charge in [-0.25, -0.2) is 0 Å². The molecule has 0 aromatic heterocycles. The van der Waals surface area contributed by atoms with Crippen molar-refractivity contribution in [2.24, 2.45) is 34.0 Å². The quantitative estimate of drug-likeness (QED) is 0.216. The summed E-state index contributed by atoms with van der Waals surface area (Å²) in [5.74, 6) is -1.75. The van der Waals surface area contributed by atoms with Crippen LogP contribution in [-0.2, 0) is 14.3 Å². The van der Waals surface area contributed by atoms with E-state index in [-0.39, 0.29) is 17.8 Å². The van der Waals surface area contributed by atoms with Crippen LogP contribution in [-0.4, -0.2) is 109 Å². The third-order valence-corrected chi connectivity index (χ3v) is 11.5. The van der Waals surface area contributed by atoms with E-state index in [1.165, 1.54) is 0 Å². The van der Waals surface area contributed by atoms with Crippen LogP contribution in [0, 0.1) is 34.0 Å². The van der Waals surface area contributed by atoms with Crippen LogP contribution in [0.5, 0.6) is 0 Å². The maximum atomic E-state index is 12.6. The minimum Gasteiger partial charge on any atom is -0.481 e. The number of aliphatic hydroxyl groups is 7. The summed E-state index contributed by atoms with van der Waals surface area (Å²) in [7, 11) is 0. The lowest BCUT2D eigenvalue weighted by molar-refractivity contribution is -0.337. The Bertz CT molecular complexity index is 900. The molecule has 11 heteroatoms. The Morgan fingerprint density at radius 3 is 2.27 bits per heavy atom. The second-order valence-corrected chi connectivity index (χ2v) is 12.9. The summed E-state index contributed by atoms with van der Waals surface area (Å²) in [5, 5.41) is 83.9. The van der Waals surface area contributed by atoms with E-state index in [0.717, 1.165) is 0 Å². The third-order valence-electron chi connectivity index (χ3n) is 11.5. The Balaban J connectivity index is 1.54. The number of fused-ring (bicyclic) bond motifs is 3. The first-order valence-corrected chi connectivity index (χ1v) is 13.5. The summed E-state index contributed by atoms with van der Waals surface area (Å²) in [6.45, 7) is 2.58. The van der Waals surface area contributed by atoms with Gasteiger partial charge < -0.3 is 50.3 Å². The molecule has 1 heterocycles. The number of aliphatic hydroxyl groups excluding tert-OH is 6. The highest BCUT2D eigenvalue weighted by molar-refractivity contribution is 5.75. The Hall–Kier alpha value is -0.890. The Labute approximate surface area is 216 Å². The second-order valence-electron chi connectivity index (χ2n) is 12.9. The van der Waals surface area contributed by atoms with Gasteiger partial charge in [-0.05, 0) is 69.6 Å². The number of carboxylic acid groups (broad SMARTS) is 1. The van der Waals surface area contributed by atoms with Crippen molar-refractivity contribution < 1.29 is 55.1 Å². The predicted molar refractivity (Wildman–Crippen MR) is 126 cm³/mol. The fourth-order valence-electron chi connectivity index (χ4n) is 9.52. The summed E-state index contributed by atoms with van der Waals surface area (Å²) in [6, 6.07) is 0. The minimum atomic E-state index is -1.61. The van der Waals surface area contributed by atoms with E-state index in [1.54, 1.807) is 6.92 Å². The molecule has 8 N–H and O–H groups in total. The molecule has 1 aliphatic heterocycles. The topological polar surface area (TPSA) is 197 Å². The van der Waals surface area contributed by atoms with E-state index >= 15 is 0 Å². The largest absolute Gasteiger partial charge is 0.481 e. The van der Waals surface area contributed by atoms with E-state index in [0.29, 0.717) is 44.9 Å². The fraction of sp³-hybridized carbons (Fsp3) is 0.962. The molecule has 4 aliphatic carbocycles. The zero-order chi connectivity index (χ0) is 27.1. The molecular weight excluding hydrogens is 488 g/mol. The first-order chi connectivity index (χ1) is 17.3. The van der Waals surface area contributed by atoms with Crippen molar-refractivity contribution in [3.63, 3.8) is 0 Å². The molecule has 212 valence electrons. The van der Waals surface area contributed by atoms with E-state index in [4.69, 9.17) is 9.47 Å². The highest BCUT2D eigenvalue weighted by atomic mass is 16.7. The van der Waals surface area contributed by atoms with E-state index in [9.17, 15) is 45.6 Å². The van der Waals surface area contributed by atoms with E-state index in [2.05, 4.69) is 0 Å². The highest BCUT2D eigenvalue weighted by Gasteiger charge is 2.74. The number of hydrogen-bond acceptors (Lipinski definition) is 10. The summed E-state index contributed by atoms with van der Waals surface area (Å²) in [5.41, 5.74) is -4.20. The predicted octanol–water partition coefficient (Wildman–Crippen LogP) is -1.03. The highest BCUT2D eigenvalue weighted by Crippen LogP contribution is 2.73. The maximum Gasteiger partial charge on any atom is 0.309 e. The van der Waals surface area contributed by atoms with Gasteiger partial charge in [0, 0.05) is 10.8 Å². The first kappa shape index (κ1) is 27.7. The Kier molecular flexibility index (Phi) is 6.78. The van der Waals surface area contributed by atoms with Gasteiger partial charge in [0.1, 0.15) is 30.0 Å². The molecule has 1 spiro atoms. The molecule has 14 atom stereocenters. The lowest BCUT2D eigenvalue weighted by Gasteiger charge is -2.66. The summed E-state index contributed by atoms with van der Waals surface area (Å²) in [4.78, 5) is 12.6. The van der Waals surface area contributed by atoms with Crippen molar-refractivity contribution in [3.05, 3.63) is 0 Å². The van der Waals surface area contributed by atoms with Gasteiger partial charge in [0.15, 0.2) is 6.29 Å². The zero-order valence-electron chi connectivity index (χ0n) is 21.4. The number of aliphatic carboxylic acids is 1. The Morgan fingerprint density at radius 1 is 0.946 bits per heavy atom. The van der Waals surface area contributed by atoms with Gasteiger partial charge in [0.05, 0.1) is 30.8 Å². The molecule has 5 fully saturated rings. The number of ether oxygens (including phenoxy) is 2. The van der Waals surface area contributed by atoms with Gasteiger partial charge in [-0.3, -0.25) is 4.79 Å². The van der Waals surface area contributed by atoms with Crippen LogP contribution in [0.4, 0.5) is 0 Å². The first-order valence-electron chi connectivity index (χ1n) is 13.5. The normalized spacial score (nSPS) is 57.4. The van der Waals surface area contributed by atoms with Gasteiger partial charge in [0.2, 0.25) is 0 Å². The van der Waals surface area contributed by atoms with Crippen LogP contribution in [0.25, 0.3) is 0 Å². The van der Waals surface area contributed by atoms with Gasteiger partial charge >= 0.3 is 5.97 Å².